The van der Waals surface area contributed by atoms with E-state index in [-0.39, 0.29) is 17.8 Å². The van der Waals surface area contributed by atoms with Crippen LogP contribution >= 0.6 is 15.9 Å². The number of aromatic nitrogens is 2. The second kappa shape index (κ2) is 6.64. The van der Waals surface area contributed by atoms with Crippen molar-refractivity contribution < 1.29 is 14.6 Å². The summed E-state index contributed by atoms with van der Waals surface area (Å²) in [5.41, 5.74) is 1.04. The Morgan fingerprint density at radius 1 is 1.30 bits per heavy atom. The van der Waals surface area contributed by atoms with Gasteiger partial charge in [0, 0.05) is 11.0 Å². The number of nitrogens with zero attached hydrogens (tertiary/aromatic N) is 3. The second-order valence-corrected chi connectivity index (χ2v) is 6.26. The summed E-state index contributed by atoms with van der Waals surface area (Å²) in [6, 6.07) is 8.12. The lowest BCUT2D eigenvalue weighted by Gasteiger charge is -2.40. The Hall–Kier alpha value is -1.99. The second-order valence-electron chi connectivity index (χ2n) is 5.34. The van der Waals surface area contributed by atoms with Crippen LogP contribution in [-0.2, 0) is 4.74 Å². The molecule has 1 fully saturated rings. The summed E-state index contributed by atoms with van der Waals surface area (Å²) in [7, 11) is 0. The smallest absolute Gasteiger partial charge is 0.356 e. The van der Waals surface area contributed by atoms with Crippen LogP contribution in [0.5, 0.6) is 0 Å². The Morgan fingerprint density at radius 3 is 2.65 bits per heavy atom. The molecule has 0 amide bonds. The van der Waals surface area contributed by atoms with E-state index in [4.69, 9.17) is 9.84 Å². The largest absolute Gasteiger partial charge is 0.476 e. The van der Waals surface area contributed by atoms with Gasteiger partial charge in [-0.15, -0.1) is 0 Å². The van der Waals surface area contributed by atoms with Crippen LogP contribution in [0.3, 0.4) is 0 Å². The van der Waals surface area contributed by atoms with Gasteiger partial charge in [0.15, 0.2) is 5.69 Å². The zero-order chi connectivity index (χ0) is 16.4. The van der Waals surface area contributed by atoms with Gasteiger partial charge in [0.2, 0.25) is 0 Å². The fraction of sp³-hybridized carbons (Fsp3) is 0.312. The topological polar surface area (TPSA) is 75.5 Å². The van der Waals surface area contributed by atoms with E-state index in [1.165, 1.54) is 12.4 Å². The van der Waals surface area contributed by atoms with Crippen molar-refractivity contribution in [3.8, 4) is 0 Å². The van der Waals surface area contributed by atoms with Crippen LogP contribution in [0, 0.1) is 0 Å². The molecule has 0 spiro atoms. The number of benzene rings is 1. The Morgan fingerprint density at radius 2 is 2.04 bits per heavy atom. The molecule has 2 unspecified atom stereocenters. The summed E-state index contributed by atoms with van der Waals surface area (Å²) >= 11 is 3.43. The maximum Gasteiger partial charge on any atom is 0.356 e. The Kier molecular flexibility index (Phi) is 4.58. The van der Waals surface area contributed by atoms with Crippen molar-refractivity contribution in [2.45, 2.75) is 19.1 Å². The van der Waals surface area contributed by atoms with Crippen LogP contribution in [0.25, 0.3) is 0 Å². The lowest BCUT2D eigenvalue weighted by atomic mass is 10.0. The maximum atomic E-state index is 10.9. The average molecular weight is 378 g/mol. The van der Waals surface area contributed by atoms with Crippen molar-refractivity contribution in [3.05, 3.63) is 52.4 Å². The fourth-order valence-electron chi connectivity index (χ4n) is 2.71. The number of morpholine rings is 1. The van der Waals surface area contributed by atoms with Crippen LogP contribution < -0.4 is 4.90 Å². The molecule has 7 heteroatoms. The van der Waals surface area contributed by atoms with Crippen LogP contribution in [0.4, 0.5) is 5.82 Å². The summed E-state index contributed by atoms with van der Waals surface area (Å²) < 4.78 is 6.96. The molecular weight excluding hydrogens is 362 g/mol. The van der Waals surface area contributed by atoms with Crippen LogP contribution in [0.2, 0.25) is 0 Å². The van der Waals surface area contributed by atoms with Gasteiger partial charge in [-0.25, -0.2) is 14.8 Å². The van der Waals surface area contributed by atoms with Crippen molar-refractivity contribution in [2.24, 2.45) is 0 Å². The summed E-state index contributed by atoms with van der Waals surface area (Å²) in [4.78, 5) is 21.2. The number of hydrogen-bond donors (Lipinski definition) is 1. The fourth-order valence-corrected chi connectivity index (χ4v) is 2.98. The van der Waals surface area contributed by atoms with Gasteiger partial charge in [-0.1, -0.05) is 28.1 Å². The highest BCUT2D eigenvalue weighted by molar-refractivity contribution is 9.10. The molecule has 2 heterocycles. The normalized spacial score (nSPS) is 21.2. The van der Waals surface area contributed by atoms with Gasteiger partial charge < -0.3 is 14.7 Å². The number of anilines is 1. The van der Waals surface area contributed by atoms with Gasteiger partial charge >= 0.3 is 5.97 Å². The highest BCUT2D eigenvalue weighted by Gasteiger charge is 2.31. The highest BCUT2D eigenvalue weighted by atomic mass is 79.9. The molecule has 6 nitrogen and oxygen atoms in total. The van der Waals surface area contributed by atoms with E-state index in [2.05, 4.69) is 37.7 Å². The van der Waals surface area contributed by atoms with Crippen molar-refractivity contribution in [1.82, 2.24) is 9.97 Å². The number of halogens is 1. The highest BCUT2D eigenvalue weighted by Crippen LogP contribution is 2.31. The van der Waals surface area contributed by atoms with E-state index in [1.807, 2.05) is 24.3 Å². The van der Waals surface area contributed by atoms with Gasteiger partial charge in [0.05, 0.1) is 25.0 Å². The van der Waals surface area contributed by atoms with E-state index in [0.29, 0.717) is 19.0 Å². The van der Waals surface area contributed by atoms with E-state index < -0.39 is 5.97 Å². The average Bonchev–Trinajstić information content (AvgIpc) is 2.56. The molecule has 1 saturated heterocycles. The zero-order valence-corrected chi connectivity index (χ0v) is 14.1. The first-order chi connectivity index (χ1) is 11.1. The van der Waals surface area contributed by atoms with Crippen LogP contribution in [0.15, 0.2) is 41.1 Å². The third-order valence-electron chi connectivity index (χ3n) is 3.91. The number of carboxylic acid groups (broad SMARTS) is 1. The molecule has 120 valence electrons. The molecule has 1 aromatic carbocycles. The van der Waals surface area contributed by atoms with Crippen molar-refractivity contribution in [1.29, 1.82) is 0 Å². The Bertz CT molecular complexity index is 691. The molecule has 1 aromatic heterocycles. The predicted octanol–water partition coefficient (Wildman–Crippen LogP) is 2.90. The molecule has 0 aliphatic carbocycles. The number of carboxylic acids is 1. The van der Waals surface area contributed by atoms with E-state index in [9.17, 15) is 4.79 Å². The van der Waals surface area contributed by atoms with Crippen LogP contribution in [-0.4, -0.2) is 40.2 Å². The predicted molar refractivity (Wildman–Crippen MR) is 88.6 cm³/mol. The van der Waals surface area contributed by atoms with Gasteiger partial charge in [0.1, 0.15) is 11.9 Å². The van der Waals surface area contributed by atoms with Crippen LogP contribution in [0.1, 0.15) is 29.1 Å². The number of hydrogen-bond acceptors (Lipinski definition) is 5. The molecule has 23 heavy (non-hydrogen) atoms. The van der Waals surface area contributed by atoms with Crippen molar-refractivity contribution >= 4 is 27.7 Å². The zero-order valence-electron chi connectivity index (χ0n) is 12.5. The SMILES string of the molecule is CC1C(c2ccc(Br)cc2)OCCN1c1cnc(C(=O)O)cn1. The number of carbonyl (C=O) groups is 1. The number of aromatic carboxylic acids is 1. The minimum Gasteiger partial charge on any atom is -0.476 e. The summed E-state index contributed by atoms with van der Waals surface area (Å²) in [5.74, 6) is -0.417. The van der Waals surface area contributed by atoms with Crippen molar-refractivity contribution in [2.75, 3.05) is 18.1 Å². The van der Waals surface area contributed by atoms with Gasteiger partial charge in [0.25, 0.3) is 0 Å². The lowest BCUT2D eigenvalue weighted by molar-refractivity contribution is 0.0142. The quantitative estimate of drug-likeness (QED) is 0.885. The third-order valence-corrected chi connectivity index (χ3v) is 4.44. The minimum absolute atomic E-state index is 0.0564. The lowest BCUT2D eigenvalue weighted by Crippen LogP contribution is -2.46. The third kappa shape index (κ3) is 3.35. The molecule has 1 N–H and O–H groups in total. The first-order valence-electron chi connectivity index (χ1n) is 7.25. The monoisotopic (exact) mass is 377 g/mol. The molecule has 2 aromatic rings. The number of rotatable bonds is 3. The molecule has 0 bridgehead atoms. The van der Waals surface area contributed by atoms with Gasteiger partial charge in [-0.2, -0.15) is 0 Å². The molecule has 0 radical (unpaired) electrons. The van der Waals surface area contributed by atoms with Gasteiger partial charge in [-0.05, 0) is 24.6 Å². The molecule has 1 aliphatic heterocycles. The van der Waals surface area contributed by atoms with E-state index >= 15 is 0 Å². The molecular formula is C16H16BrN3O3. The Labute approximate surface area is 142 Å². The van der Waals surface area contributed by atoms with Crippen molar-refractivity contribution in [3.63, 3.8) is 0 Å². The molecule has 1 aliphatic rings. The molecule has 2 atom stereocenters. The molecule has 0 saturated carbocycles. The Balaban J connectivity index is 1.83. The number of ether oxygens (including phenoxy) is 1. The standard InChI is InChI=1S/C16H16BrN3O3/c1-10-15(11-2-4-12(17)5-3-11)23-7-6-20(10)14-9-18-13(8-19-14)16(21)22/h2-5,8-10,15H,6-7H2,1H3,(H,21,22). The maximum absolute atomic E-state index is 10.9. The minimum atomic E-state index is -1.08. The summed E-state index contributed by atoms with van der Waals surface area (Å²) in [6.07, 6.45) is 2.72. The summed E-state index contributed by atoms with van der Waals surface area (Å²) in [6.45, 7) is 3.33. The first kappa shape index (κ1) is 15.9. The first-order valence-corrected chi connectivity index (χ1v) is 8.04. The molecule has 3 rings (SSSR count). The van der Waals surface area contributed by atoms with Gasteiger partial charge in [-0.3, -0.25) is 0 Å². The summed E-state index contributed by atoms with van der Waals surface area (Å²) in [5, 5.41) is 8.91. The van der Waals surface area contributed by atoms with E-state index in [1.54, 1.807) is 0 Å². The van der Waals surface area contributed by atoms with E-state index in [0.717, 1.165) is 10.0 Å².